The van der Waals surface area contributed by atoms with Gasteiger partial charge < -0.3 is 9.13 Å². The summed E-state index contributed by atoms with van der Waals surface area (Å²) in [7, 11) is 0. The standard InChI is InChI=1S/C67H50N2/c1-41-19-27-49(28-20-41)69-63-18-12-10-16-55(63)57-36-43(26-34-65(57)69)45-22-30-51-53-32-24-47(40-61(53)67(4,5)59(51)38-45)46-23-31-52-50-29-21-44(37-58(50)66(2,3)60(52)39-46)42-25-33-64-56(35-42)54-15-9-11-17-62(54)68(64)48-13-7-6-8-14-48/h6-40H,1-5H3. The molecule has 10 aromatic carbocycles. The quantitative estimate of drug-likeness (QED) is 0.163. The smallest absolute Gasteiger partial charge is 0.0541 e. The predicted octanol–water partition coefficient (Wildman–Crippen LogP) is 17.8. The predicted molar refractivity (Wildman–Crippen MR) is 291 cm³/mol. The molecular weight excluding hydrogens is 833 g/mol. The van der Waals surface area contributed by atoms with Crippen LogP contribution in [-0.4, -0.2) is 9.13 Å². The Morgan fingerprint density at radius 1 is 0.275 bits per heavy atom. The molecule has 0 saturated carbocycles. The van der Waals surface area contributed by atoms with Crippen LogP contribution >= 0.6 is 0 Å². The number of aryl methyl sites for hydroxylation is 1. The van der Waals surface area contributed by atoms with E-state index in [1.165, 1.54) is 138 Å². The molecule has 69 heavy (non-hydrogen) atoms. The van der Waals surface area contributed by atoms with Crippen molar-refractivity contribution in [3.63, 3.8) is 0 Å². The number of hydrogen-bond acceptors (Lipinski definition) is 0. The van der Waals surface area contributed by atoms with Crippen molar-refractivity contribution in [1.29, 1.82) is 0 Å². The molecule has 0 aliphatic heterocycles. The Labute approximate surface area is 403 Å². The molecular formula is C67H50N2. The van der Waals surface area contributed by atoms with Gasteiger partial charge in [0.1, 0.15) is 0 Å². The zero-order valence-corrected chi connectivity index (χ0v) is 39.6. The highest BCUT2D eigenvalue weighted by atomic mass is 15.0. The van der Waals surface area contributed by atoms with Crippen molar-refractivity contribution in [2.24, 2.45) is 0 Å². The Morgan fingerprint density at radius 3 is 1.00 bits per heavy atom. The topological polar surface area (TPSA) is 9.86 Å². The number of para-hydroxylation sites is 3. The molecule has 0 atom stereocenters. The van der Waals surface area contributed by atoms with Gasteiger partial charge in [-0.3, -0.25) is 0 Å². The maximum atomic E-state index is 2.47. The highest BCUT2D eigenvalue weighted by Crippen LogP contribution is 2.53. The summed E-state index contributed by atoms with van der Waals surface area (Å²) in [6, 6.07) is 79.9. The zero-order chi connectivity index (χ0) is 46.3. The van der Waals surface area contributed by atoms with Crippen molar-refractivity contribution < 1.29 is 0 Å². The van der Waals surface area contributed by atoms with E-state index in [0.29, 0.717) is 0 Å². The number of fused-ring (bicyclic) bond motifs is 12. The Morgan fingerprint density at radius 2 is 0.594 bits per heavy atom. The first kappa shape index (κ1) is 39.9. The lowest BCUT2D eigenvalue weighted by Crippen LogP contribution is -2.15. The van der Waals surface area contributed by atoms with Gasteiger partial charge in [0.2, 0.25) is 0 Å². The highest BCUT2D eigenvalue weighted by molar-refractivity contribution is 6.12. The van der Waals surface area contributed by atoms with Crippen LogP contribution in [-0.2, 0) is 10.8 Å². The van der Waals surface area contributed by atoms with Crippen molar-refractivity contribution in [3.8, 4) is 67.0 Å². The Balaban J connectivity index is 0.786. The van der Waals surface area contributed by atoms with Crippen LogP contribution in [0.1, 0.15) is 55.5 Å². The monoisotopic (exact) mass is 882 g/mol. The Bertz CT molecular complexity index is 4120. The molecule has 0 saturated heterocycles. The second-order valence-corrected chi connectivity index (χ2v) is 20.6. The zero-order valence-electron chi connectivity index (χ0n) is 39.6. The molecule has 328 valence electrons. The molecule has 2 nitrogen and oxygen atoms in total. The van der Waals surface area contributed by atoms with E-state index < -0.39 is 0 Å². The van der Waals surface area contributed by atoms with Crippen molar-refractivity contribution in [3.05, 3.63) is 240 Å². The van der Waals surface area contributed by atoms with Crippen LogP contribution in [0, 0.1) is 6.92 Å². The fourth-order valence-corrected chi connectivity index (χ4v) is 12.3. The Hall–Kier alpha value is -8.20. The maximum Gasteiger partial charge on any atom is 0.0541 e. The van der Waals surface area contributed by atoms with Gasteiger partial charge in [-0.25, -0.2) is 0 Å². The Kier molecular flexibility index (Phi) is 8.33. The molecule has 2 aromatic heterocycles. The van der Waals surface area contributed by atoms with Gasteiger partial charge in [-0.05, 0) is 170 Å². The molecule has 2 aliphatic carbocycles. The van der Waals surface area contributed by atoms with E-state index in [1.807, 2.05) is 0 Å². The van der Waals surface area contributed by atoms with Crippen molar-refractivity contribution in [1.82, 2.24) is 9.13 Å². The molecule has 0 N–H and O–H groups in total. The minimum atomic E-state index is -0.162. The average molecular weight is 883 g/mol. The third-order valence-electron chi connectivity index (χ3n) is 16.0. The summed E-state index contributed by atoms with van der Waals surface area (Å²) in [5.74, 6) is 0. The summed E-state index contributed by atoms with van der Waals surface area (Å²) in [5, 5.41) is 5.10. The average Bonchev–Trinajstić information content (AvgIpc) is 4.04. The molecule has 2 heteroatoms. The van der Waals surface area contributed by atoms with Gasteiger partial charge in [0, 0.05) is 43.7 Å². The first-order valence-electron chi connectivity index (χ1n) is 24.4. The third kappa shape index (κ3) is 5.79. The lowest BCUT2D eigenvalue weighted by atomic mass is 9.79. The van der Waals surface area contributed by atoms with Gasteiger partial charge in [0.05, 0.1) is 22.1 Å². The van der Waals surface area contributed by atoms with E-state index in [4.69, 9.17) is 0 Å². The van der Waals surface area contributed by atoms with Crippen molar-refractivity contribution in [2.75, 3.05) is 0 Å². The van der Waals surface area contributed by atoms with E-state index in [2.05, 4.69) is 256 Å². The first-order chi connectivity index (χ1) is 33.6. The lowest BCUT2D eigenvalue weighted by molar-refractivity contribution is 0.660. The van der Waals surface area contributed by atoms with Crippen LogP contribution in [0.15, 0.2) is 212 Å². The van der Waals surface area contributed by atoms with Crippen molar-refractivity contribution in [2.45, 2.75) is 45.4 Å². The molecule has 0 radical (unpaired) electrons. The molecule has 0 unspecified atom stereocenters. The van der Waals surface area contributed by atoms with Crippen LogP contribution in [0.2, 0.25) is 0 Å². The minimum Gasteiger partial charge on any atom is -0.309 e. The van der Waals surface area contributed by atoms with Crippen molar-refractivity contribution >= 4 is 43.6 Å². The van der Waals surface area contributed by atoms with E-state index in [0.717, 1.165) is 0 Å². The van der Waals surface area contributed by atoms with Crippen LogP contribution in [0.3, 0.4) is 0 Å². The summed E-state index contributed by atoms with van der Waals surface area (Å²) in [6.45, 7) is 11.8. The molecule has 0 fully saturated rings. The number of benzene rings is 10. The maximum absolute atomic E-state index is 2.47. The molecule has 0 bridgehead atoms. The number of hydrogen-bond donors (Lipinski definition) is 0. The molecule has 2 aliphatic rings. The fourth-order valence-electron chi connectivity index (χ4n) is 12.3. The number of aromatic nitrogens is 2. The van der Waals surface area contributed by atoms with Crippen LogP contribution in [0.5, 0.6) is 0 Å². The second kappa shape index (κ2) is 14.4. The summed E-state index contributed by atoms with van der Waals surface area (Å²) in [4.78, 5) is 0. The molecule has 0 spiro atoms. The van der Waals surface area contributed by atoms with Gasteiger partial charge in [0.25, 0.3) is 0 Å². The summed E-state index contributed by atoms with van der Waals surface area (Å²) in [5.41, 5.74) is 26.7. The van der Waals surface area contributed by atoms with E-state index in [9.17, 15) is 0 Å². The van der Waals surface area contributed by atoms with Gasteiger partial charge in [0.15, 0.2) is 0 Å². The van der Waals surface area contributed by atoms with Crippen LogP contribution in [0.25, 0.3) is 111 Å². The minimum absolute atomic E-state index is 0.161. The second-order valence-electron chi connectivity index (χ2n) is 20.6. The van der Waals surface area contributed by atoms with Crippen LogP contribution < -0.4 is 0 Å². The lowest BCUT2D eigenvalue weighted by Gasteiger charge is -2.24. The molecule has 12 aromatic rings. The summed E-state index contributed by atoms with van der Waals surface area (Å²) < 4.78 is 4.79. The van der Waals surface area contributed by atoms with E-state index in [-0.39, 0.29) is 10.8 Å². The largest absolute Gasteiger partial charge is 0.309 e. The van der Waals surface area contributed by atoms with E-state index >= 15 is 0 Å². The first-order valence-corrected chi connectivity index (χ1v) is 24.4. The summed E-state index contributed by atoms with van der Waals surface area (Å²) >= 11 is 0. The van der Waals surface area contributed by atoms with Gasteiger partial charge in [-0.2, -0.15) is 0 Å². The molecule has 0 amide bonds. The number of rotatable bonds is 5. The SMILES string of the molecule is Cc1ccc(-n2c3ccccc3c3cc(-c4ccc5c(c4)C(C)(C)c4cc(-c6ccc7c(c6)C(C)(C)c6cc(-c8ccc9c(c8)c8ccccc8n9-c8ccccc8)ccc6-7)ccc4-5)ccc32)cc1. The fraction of sp³-hybridized carbons (Fsp3) is 0.104. The molecule has 2 heterocycles. The van der Waals surface area contributed by atoms with Crippen LogP contribution in [0.4, 0.5) is 0 Å². The third-order valence-corrected chi connectivity index (χ3v) is 16.0. The summed E-state index contributed by atoms with van der Waals surface area (Å²) in [6.07, 6.45) is 0. The number of nitrogens with zero attached hydrogens (tertiary/aromatic N) is 2. The van der Waals surface area contributed by atoms with Gasteiger partial charge >= 0.3 is 0 Å². The highest BCUT2D eigenvalue weighted by Gasteiger charge is 2.38. The van der Waals surface area contributed by atoms with Gasteiger partial charge in [-0.15, -0.1) is 0 Å². The normalized spacial score (nSPS) is 14.1. The van der Waals surface area contributed by atoms with E-state index in [1.54, 1.807) is 0 Å². The van der Waals surface area contributed by atoms with Gasteiger partial charge in [-0.1, -0.05) is 161 Å². The molecule has 14 rings (SSSR count).